The predicted molar refractivity (Wildman–Crippen MR) is 90.4 cm³/mol. The SMILES string of the molecule is Cc1c(Br)cccc1OCCCC1CCN(CC(=O)O)CC1. The number of carbonyl (C=O) groups is 1. The first-order valence-corrected chi connectivity index (χ1v) is 8.67. The molecular formula is C17H24BrNO3. The van der Waals surface area contributed by atoms with Crippen LogP contribution in [0.15, 0.2) is 22.7 Å². The number of ether oxygens (including phenoxy) is 1. The standard InChI is InChI=1S/C17H24BrNO3/c1-13-15(18)5-2-6-16(13)22-11-3-4-14-7-9-19(10-8-14)12-17(20)21/h2,5-6,14H,3-4,7-12H2,1H3,(H,20,21). The van der Waals surface area contributed by atoms with Crippen LogP contribution in [0.2, 0.25) is 0 Å². The molecule has 0 unspecified atom stereocenters. The Kier molecular flexibility index (Phi) is 6.70. The summed E-state index contributed by atoms with van der Waals surface area (Å²) >= 11 is 3.51. The van der Waals surface area contributed by atoms with E-state index in [-0.39, 0.29) is 6.54 Å². The fraction of sp³-hybridized carbons (Fsp3) is 0.588. The van der Waals surface area contributed by atoms with Crippen LogP contribution in [0.1, 0.15) is 31.2 Å². The number of hydrogen-bond donors (Lipinski definition) is 1. The van der Waals surface area contributed by atoms with Gasteiger partial charge in [-0.3, -0.25) is 9.69 Å². The first-order valence-electron chi connectivity index (χ1n) is 7.88. The van der Waals surface area contributed by atoms with E-state index in [0.29, 0.717) is 5.92 Å². The zero-order valence-corrected chi connectivity index (χ0v) is 14.6. The third kappa shape index (κ3) is 5.29. The zero-order chi connectivity index (χ0) is 15.9. The van der Waals surface area contributed by atoms with Crippen molar-refractivity contribution in [2.45, 2.75) is 32.6 Å². The maximum atomic E-state index is 10.7. The van der Waals surface area contributed by atoms with Crippen LogP contribution in [0, 0.1) is 12.8 Å². The maximum absolute atomic E-state index is 10.7. The number of rotatable bonds is 7. The van der Waals surface area contributed by atoms with E-state index in [1.807, 2.05) is 23.1 Å². The molecule has 0 radical (unpaired) electrons. The van der Waals surface area contributed by atoms with E-state index < -0.39 is 5.97 Å². The fourth-order valence-electron chi connectivity index (χ4n) is 2.92. The van der Waals surface area contributed by atoms with E-state index in [2.05, 4.69) is 22.9 Å². The molecule has 0 bridgehead atoms. The number of benzene rings is 1. The number of aliphatic carboxylic acids is 1. The van der Waals surface area contributed by atoms with Crippen LogP contribution in [0.3, 0.4) is 0 Å². The molecular weight excluding hydrogens is 346 g/mol. The summed E-state index contributed by atoms with van der Waals surface area (Å²) in [6.07, 6.45) is 4.41. The van der Waals surface area contributed by atoms with Gasteiger partial charge in [-0.15, -0.1) is 0 Å². The largest absolute Gasteiger partial charge is 0.493 e. The van der Waals surface area contributed by atoms with E-state index in [9.17, 15) is 4.79 Å². The number of hydrogen-bond acceptors (Lipinski definition) is 3. The molecule has 1 N–H and O–H groups in total. The lowest BCUT2D eigenvalue weighted by atomic mass is 9.92. The minimum atomic E-state index is -0.726. The molecule has 1 aromatic carbocycles. The zero-order valence-electron chi connectivity index (χ0n) is 13.1. The second-order valence-electron chi connectivity index (χ2n) is 5.97. The predicted octanol–water partition coefficient (Wildman–Crippen LogP) is 3.71. The molecule has 1 saturated heterocycles. The number of likely N-dealkylation sites (tertiary alicyclic amines) is 1. The smallest absolute Gasteiger partial charge is 0.317 e. The average Bonchev–Trinajstić information content (AvgIpc) is 2.49. The quantitative estimate of drug-likeness (QED) is 0.744. The van der Waals surface area contributed by atoms with Crippen molar-refractivity contribution in [1.29, 1.82) is 0 Å². The van der Waals surface area contributed by atoms with Gasteiger partial charge in [0.05, 0.1) is 13.2 Å². The van der Waals surface area contributed by atoms with E-state index in [1.54, 1.807) is 0 Å². The molecule has 0 aliphatic carbocycles. The Morgan fingerprint density at radius 3 is 2.82 bits per heavy atom. The first-order chi connectivity index (χ1) is 10.6. The summed E-state index contributed by atoms with van der Waals surface area (Å²) < 4.78 is 6.94. The van der Waals surface area contributed by atoms with Gasteiger partial charge in [0.25, 0.3) is 0 Å². The highest BCUT2D eigenvalue weighted by molar-refractivity contribution is 9.10. The van der Waals surface area contributed by atoms with Crippen LogP contribution in [-0.4, -0.2) is 42.2 Å². The Bertz CT molecular complexity index is 499. The van der Waals surface area contributed by atoms with Gasteiger partial charge in [-0.25, -0.2) is 0 Å². The van der Waals surface area contributed by atoms with Crippen LogP contribution < -0.4 is 4.74 Å². The fourth-order valence-corrected chi connectivity index (χ4v) is 3.27. The Morgan fingerprint density at radius 2 is 2.14 bits per heavy atom. The van der Waals surface area contributed by atoms with E-state index in [1.165, 1.54) is 0 Å². The topological polar surface area (TPSA) is 49.8 Å². The van der Waals surface area contributed by atoms with Crippen molar-refractivity contribution in [2.24, 2.45) is 5.92 Å². The van der Waals surface area contributed by atoms with Crippen LogP contribution in [0.4, 0.5) is 0 Å². The molecule has 0 saturated carbocycles. The van der Waals surface area contributed by atoms with Gasteiger partial charge in [0, 0.05) is 10.0 Å². The van der Waals surface area contributed by atoms with Gasteiger partial charge in [0.2, 0.25) is 0 Å². The molecule has 5 heteroatoms. The third-order valence-electron chi connectivity index (χ3n) is 4.30. The minimum Gasteiger partial charge on any atom is -0.493 e. The van der Waals surface area contributed by atoms with Crippen molar-refractivity contribution in [1.82, 2.24) is 4.90 Å². The Labute approximate surface area is 140 Å². The van der Waals surface area contributed by atoms with Crippen LogP contribution >= 0.6 is 15.9 Å². The lowest BCUT2D eigenvalue weighted by Crippen LogP contribution is -2.37. The summed E-state index contributed by atoms with van der Waals surface area (Å²) in [4.78, 5) is 12.7. The first kappa shape index (κ1) is 17.3. The van der Waals surface area contributed by atoms with Crippen molar-refractivity contribution in [3.63, 3.8) is 0 Å². The average molecular weight is 370 g/mol. The second-order valence-corrected chi connectivity index (χ2v) is 6.82. The van der Waals surface area contributed by atoms with E-state index in [0.717, 1.165) is 61.2 Å². The van der Waals surface area contributed by atoms with Crippen molar-refractivity contribution >= 4 is 21.9 Å². The van der Waals surface area contributed by atoms with Crippen LogP contribution in [0.5, 0.6) is 5.75 Å². The maximum Gasteiger partial charge on any atom is 0.317 e. The van der Waals surface area contributed by atoms with Gasteiger partial charge in [0.15, 0.2) is 0 Å². The van der Waals surface area contributed by atoms with Gasteiger partial charge in [0.1, 0.15) is 5.75 Å². The van der Waals surface area contributed by atoms with Crippen molar-refractivity contribution < 1.29 is 14.6 Å². The second kappa shape index (κ2) is 8.53. The Morgan fingerprint density at radius 1 is 1.41 bits per heavy atom. The number of halogens is 1. The third-order valence-corrected chi connectivity index (χ3v) is 5.16. The highest BCUT2D eigenvalue weighted by Gasteiger charge is 2.20. The van der Waals surface area contributed by atoms with E-state index >= 15 is 0 Å². The molecule has 0 atom stereocenters. The summed E-state index contributed by atoms with van der Waals surface area (Å²) in [5.74, 6) is 0.930. The number of nitrogens with zero attached hydrogens (tertiary/aromatic N) is 1. The van der Waals surface area contributed by atoms with E-state index in [4.69, 9.17) is 9.84 Å². The Balaban J connectivity index is 1.64. The summed E-state index contributed by atoms with van der Waals surface area (Å²) in [7, 11) is 0. The van der Waals surface area contributed by atoms with Gasteiger partial charge in [-0.2, -0.15) is 0 Å². The summed E-state index contributed by atoms with van der Waals surface area (Å²) in [5.41, 5.74) is 1.14. The van der Waals surface area contributed by atoms with Gasteiger partial charge in [-0.1, -0.05) is 22.0 Å². The van der Waals surface area contributed by atoms with Gasteiger partial charge >= 0.3 is 5.97 Å². The molecule has 1 aliphatic rings. The monoisotopic (exact) mass is 369 g/mol. The normalized spacial score (nSPS) is 16.6. The molecule has 1 fully saturated rings. The molecule has 0 spiro atoms. The summed E-state index contributed by atoms with van der Waals surface area (Å²) in [6, 6.07) is 6.02. The molecule has 0 aromatic heterocycles. The lowest BCUT2D eigenvalue weighted by molar-refractivity contribution is -0.138. The van der Waals surface area contributed by atoms with Crippen molar-refractivity contribution in [3.05, 3.63) is 28.2 Å². The molecule has 22 heavy (non-hydrogen) atoms. The van der Waals surface area contributed by atoms with Crippen molar-refractivity contribution in [3.8, 4) is 5.75 Å². The highest BCUT2D eigenvalue weighted by Crippen LogP contribution is 2.26. The molecule has 122 valence electrons. The molecule has 2 rings (SSSR count). The van der Waals surface area contributed by atoms with Gasteiger partial charge < -0.3 is 9.84 Å². The van der Waals surface area contributed by atoms with Crippen LogP contribution in [-0.2, 0) is 4.79 Å². The highest BCUT2D eigenvalue weighted by atomic mass is 79.9. The molecule has 4 nitrogen and oxygen atoms in total. The Hall–Kier alpha value is -1.07. The van der Waals surface area contributed by atoms with Crippen molar-refractivity contribution in [2.75, 3.05) is 26.2 Å². The van der Waals surface area contributed by atoms with Crippen LogP contribution in [0.25, 0.3) is 0 Å². The number of piperidine rings is 1. The number of carboxylic acid groups (broad SMARTS) is 1. The molecule has 0 amide bonds. The summed E-state index contributed by atoms with van der Waals surface area (Å²) in [6.45, 7) is 4.79. The molecule has 1 aliphatic heterocycles. The summed E-state index contributed by atoms with van der Waals surface area (Å²) in [5, 5.41) is 8.79. The molecule has 1 aromatic rings. The molecule has 1 heterocycles. The lowest BCUT2D eigenvalue weighted by Gasteiger charge is -2.30. The number of carboxylic acids is 1. The van der Waals surface area contributed by atoms with Gasteiger partial charge in [-0.05, 0) is 63.7 Å². The minimum absolute atomic E-state index is 0.179.